The van der Waals surface area contributed by atoms with Gasteiger partial charge in [0.15, 0.2) is 5.69 Å². The van der Waals surface area contributed by atoms with Crippen molar-refractivity contribution in [3.63, 3.8) is 0 Å². The Morgan fingerprint density at radius 3 is 2.41 bits per heavy atom. The van der Waals surface area contributed by atoms with E-state index < -0.39 is 40.1 Å². The van der Waals surface area contributed by atoms with Gasteiger partial charge in [0.1, 0.15) is 11.5 Å². The van der Waals surface area contributed by atoms with E-state index in [4.69, 9.17) is 4.74 Å². The van der Waals surface area contributed by atoms with Gasteiger partial charge in [0.25, 0.3) is 5.69 Å². The number of rotatable bonds is 8. The van der Waals surface area contributed by atoms with Crippen LogP contribution in [0.15, 0.2) is 48.5 Å². The van der Waals surface area contributed by atoms with Crippen LogP contribution >= 0.6 is 0 Å². The molecule has 196 valence electrons. The summed E-state index contributed by atoms with van der Waals surface area (Å²) in [7, 11) is 0. The molecule has 0 spiro atoms. The lowest BCUT2D eigenvalue weighted by Gasteiger charge is -2.12. The number of nitrogens with one attached hydrogen (secondary N) is 1. The standard InChI is InChI=1S/C23H18F6N4O4/c24-22(25,26)14-2-1-3-17(8-14)37-18-10-15(9-16(11-18)33(35)36)30-21(34)6-7-32-19(13-4-5-13)12-20(31-32)23(27,28)29/h1-3,8-13H,4-7H2,(H,30,34). The number of anilines is 1. The largest absolute Gasteiger partial charge is 0.457 e. The number of nitro benzene ring substituents is 1. The van der Waals surface area contributed by atoms with Gasteiger partial charge in [0, 0.05) is 36.7 Å². The van der Waals surface area contributed by atoms with Gasteiger partial charge < -0.3 is 10.1 Å². The van der Waals surface area contributed by atoms with Crippen LogP contribution in [0.4, 0.5) is 37.7 Å². The second-order valence-corrected chi connectivity index (χ2v) is 8.35. The Balaban J connectivity index is 1.48. The number of nitrogens with zero attached hydrogens (tertiary/aromatic N) is 3. The molecular formula is C23H18F6N4O4. The molecule has 0 aliphatic heterocycles. The molecule has 0 radical (unpaired) electrons. The SMILES string of the molecule is O=C(CCn1nc(C(F)(F)F)cc1C1CC1)Nc1cc(Oc2cccc(C(F)(F)F)c2)cc([N+](=O)[O-])c1. The van der Waals surface area contributed by atoms with Crippen molar-refractivity contribution in [2.75, 3.05) is 5.32 Å². The number of carbonyl (C=O) groups excluding carboxylic acids is 1. The van der Waals surface area contributed by atoms with Gasteiger partial charge in [-0.05, 0) is 37.1 Å². The number of hydrogen-bond acceptors (Lipinski definition) is 5. The molecule has 3 aromatic rings. The molecule has 1 fully saturated rings. The summed E-state index contributed by atoms with van der Waals surface area (Å²) in [4.78, 5) is 23.0. The Bertz CT molecular complexity index is 1330. The number of non-ortho nitro benzene ring substituents is 1. The molecule has 14 heteroatoms. The van der Waals surface area contributed by atoms with Crippen molar-refractivity contribution in [2.24, 2.45) is 0 Å². The Kier molecular flexibility index (Phi) is 6.84. The predicted octanol–water partition coefficient (Wildman–Crippen LogP) is 6.53. The van der Waals surface area contributed by atoms with Crippen LogP contribution < -0.4 is 10.1 Å². The number of ether oxygens (including phenoxy) is 1. The van der Waals surface area contributed by atoms with Crippen molar-refractivity contribution in [1.29, 1.82) is 0 Å². The van der Waals surface area contributed by atoms with E-state index in [1.165, 1.54) is 12.1 Å². The number of carbonyl (C=O) groups is 1. The highest BCUT2D eigenvalue weighted by atomic mass is 19.4. The lowest BCUT2D eigenvalue weighted by Crippen LogP contribution is -2.16. The Hall–Kier alpha value is -4.10. The summed E-state index contributed by atoms with van der Waals surface area (Å²) in [6, 6.07) is 8.01. The fraction of sp³-hybridized carbons (Fsp3) is 0.304. The maximum absolute atomic E-state index is 13.1. The summed E-state index contributed by atoms with van der Waals surface area (Å²) in [6.45, 7) is -0.156. The summed E-state index contributed by atoms with van der Waals surface area (Å²) in [6.07, 6.45) is -8.10. The zero-order valence-electron chi connectivity index (χ0n) is 18.8. The summed E-state index contributed by atoms with van der Waals surface area (Å²) < 4.78 is 84.5. The molecule has 2 aromatic carbocycles. The van der Waals surface area contributed by atoms with Crippen molar-refractivity contribution >= 4 is 17.3 Å². The summed E-state index contributed by atoms with van der Waals surface area (Å²) in [5.41, 5.74) is -2.24. The minimum absolute atomic E-state index is 0.0565. The van der Waals surface area contributed by atoms with E-state index in [0.29, 0.717) is 11.8 Å². The highest BCUT2D eigenvalue weighted by Gasteiger charge is 2.37. The normalized spacial score (nSPS) is 13.9. The van der Waals surface area contributed by atoms with Gasteiger partial charge in [-0.3, -0.25) is 19.6 Å². The Labute approximate surface area is 205 Å². The van der Waals surface area contributed by atoms with Gasteiger partial charge >= 0.3 is 12.4 Å². The maximum Gasteiger partial charge on any atom is 0.435 e. The van der Waals surface area contributed by atoms with E-state index >= 15 is 0 Å². The number of hydrogen-bond donors (Lipinski definition) is 1. The first-order valence-electron chi connectivity index (χ1n) is 10.9. The molecule has 0 bridgehead atoms. The molecule has 0 saturated heterocycles. The van der Waals surface area contributed by atoms with Crippen LogP contribution in [0, 0.1) is 10.1 Å². The summed E-state index contributed by atoms with van der Waals surface area (Å²) in [5, 5.41) is 17.3. The third kappa shape index (κ3) is 6.57. The lowest BCUT2D eigenvalue weighted by molar-refractivity contribution is -0.384. The highest BCUT2D eigenvalue weighted by Crippen LogP contribution is 2.42. The number of alkyl halides is 6. The minimum Gasteiger partial charge on any atom is -0.457 e. The molecule has 1 aliphatic rings. The van der Waals surface area contributed by atoms with Crippen LogP contribution in [0.2, 0.25) is 0 Å². The molecule has 1 aliphatic carbocycles. The number of nitro groups is 1. The second kappa shape index (κ2) is 9.75. The minimum atomic E-state index is -4.63. The van der Waals surface area contributed by atoms with Crippen LogP contribution in [0.1, 0.15) is 42.1 Å². The first-order chi connectivity index (χ1) is 17.3. The van der Waals surface area contributed by atoms with Crippen molar-refractivity contribution < 1.29 is 40.8 Å². The van der Waals surface area contributed by atoms with Gasteiger partial charge in [-0.25, -0.2) is 0 Å². The molecule has 37 heavy (non-hydrogen) atoms. The molecule has 8 nitrogen and oxygen atoms in total. The Morgan fingerprint density at radius 2 is 1.78 bits per heavy atom. The molecule has 1 heterocycles. The van der Waals surface area contributed by atoms with E-state index in [1.54, 1.807) is 0 Å². The Morgan fingerprint density at radius 1 is 1.05 bits per heavy atom. The van der Waals surface area contributed by atoms with Gasteiger partial charge in [-0.15, -0.1) is 0 Å². The third-order valence-corrected chi connectivity index (χ3v) is 5.43. The first-order valence-corrected chi connectivity index (χ1v) is 10.9. The highest BCUT2D eigenvalue weighted by molar-refractivity contribution is 5.91. The van der Waals surface area contributed by atoms with Crippen molar-refractivity contribution in [1.82, 2.24) is 9.78 Å². The maximum atomic E-state index is 13.1. The van der Waals surface area contributed by atoms with Crippen molar-refractivity contribution in [2.45, 2.75) is 44.1 Å². The third-order valence-electron chi connectivity index (χ3n) is 5.43. The van der Waals surface area contributed by atoms with E-state index in [1.807, 2.05) is 0 Å². The average molecular weight is 528 g/mol. The quantitative estimate of drug-likeness (QED) is 0.204. The van der Waals surface area contributed by atoms with E-state index in [0.717, 1.165) is 47.9 Å². The zero-order valence-corrected chi connectivity index (χ0v) is 18.8. The molecule has 1 amide bonds. The fourth-order valence-electron chi connectivity index (χ4n) is 3.58. The zero-order chi connectivity index (χ0) is 27.0. The topological polar surface area (TPSA) is 99.3 Å². The van der Waals surface area contributed by atoms with E-state index in [-0.39, 0.29) is 36.1 Å². The second-order valence-electron chi connectivity index (χ2n) is 8.35. The van der Waals surface area contributed by atoms with Crippen LogP contribution in [0.25, 0.3) is 0 Å². The smallest absolute Gasteiger partial charge is 0.435 e. The van der Waals surface area contributed by atoms with Crippen LogP contribution in [0.5, 0.6) is 11.5 Å². The number of aromatic nitrogens is 2. The van der Waals surface area contributed by atoms with E-state index in [9.17, 15) is 41.3 Å². The summed E-state index contributed by atoms with van der Waals surface area (Å²) >= 11 is 0. The average Bonchev–Trinajstić information content (AvgIpc) is 3.54. The molecule has 1 saturated carbocycles. The number of amides is 1. The molecule has 1 aromatic heterocycles. The molecular weight excluding hydrogens is 510 g/mol. The predicted molar refractivity (Wildman–Crippen MR) is 117 cm³/mol. The lowest BCUT2D eigenvalue weighted by atomic mass is 10.2. The number of halogens is 6. The van der Waals surface area contributed by atoms with Crippen molar-refractivity contribution in [3.05, 3.63) is 75.6 Å². The monoisotopic (exact) mass is 528 g/mol. The molecule has 1 N–H and O–H groups in total. The number of benzene rings is 2. The van der Waals surface area contributed by atoms with Crippen molar-refractivity contribution in [3.8, 4) is 11.5 Å². The van der Waals surface area contributed by atoms with E-state index in [2.05, 4.69) is 10.4 Å². The summed E-state index contributed by atoms with van der Waals surface area (Å²) in [5.74, 6) is -1.17. The molecule has 4 rings (SSSR count). The number of aryl methyl sites for hydroxylation is 1. The molecule has 0 atom stereocenters. The van der Waals surface area contributed by atoms with Crippen LogP contribution in [-0.2, 0) is 23.7 Å². The molecule has 0 unspecified atom stereocenters. The van der Waals surface area contributed by atoms with Crippen LogP contribution in [0.3, 0.4) is 0 Å². The first kappa shape index (κ1) is 26.0. The van der Waals surface area contributed by atoms with Gasteiger partial charge in [-0.1, -0.05) is 6.07 Å². The van der Waals surface area contributed by atoms with Crippen LogP contribution in [-0.4, -0.2) is 20.6 Å². The van der Waals surface area contributed by atoms with Gasteiger partial charge in [0.2, 0.25) is 5.91 Å². The van der Waals surface area contributed by atoms with Gasteiger partial charge in [0.05, 0.1) is 22.2 Å². The van der Waals surface area contributed by atoms with Gasteiger partial charge in [-0.2, -0.15) is 31.4 Å². The fourth-order valence-corrected chi connectivity index (χ4v) is 3.58.